The zero-order valence-electron chi connectivity index (χ0n) is 8.61. The summed E-state index contributed by atoms with van der Waals surface area (Å²) >= 11 is 0. The minimum absolute atomic E-state index is 0.319. The van der Waals surface area contributed by atoms with Crippen molar-refractivity contribution in [2.45, 2.75) is 19.0 Å². The van der Waals surface area contributed by atoms with Gasteiger partial charge in [-0.05, 0) is 12.1 Å². The normalized spacial score (nSPS) is 12.9. The highest BCUT2D eigenvalue weighted by Gasteiger charge is 2.41. The summed E-state index contributed by atoms with van der Waals surface area (Å²) in [5.74, 6) is -3.45. The molecule has 0 amide bonds. The van der Waals surface area contributed by atoms with Crippen LogP contribution in [0.5, 0.6) is 11.5 Å². The van der Waals surface area contributed by atoms with Crippen molar-refractivity contribution in [3.05, 3.63) is 23.3 Å². The summed E-state index contributed by atoms with van der Waals surface area (Å²) < 4.78 is 101. The van der Waals surface area contributed by atoms with Crippen LogP contribution < -0.4 is 4.74 Å². The summed E-state index contributed by atoms with van der Waals surface area (Å²) in [6.45, 7) is -3.74. The molecule has 2 nitrogen and oxygen atoms in total. The van der Waals surface area contributed by atoms with Gasteiger partial charge in [-0.25, -0.2) is 0 Å². The molecule has 10 heteroatoms. The molecule has 0 saturated heterocycles. The van der Waals surface area contributed by atoms with Gasteiger partial charge >= 0.3 is 19.0 Å². The van der Waals surface area contributed by atoms with Gasteiger partial charge < -0.3 is 9.84 Å². The van der Waals surface area contributed by atoms with Crippen LogP contribution in [0.2, 0.25) is 0 Å². The average Bonchev–Trinajstić information content (AvgIpc) is 2.16. The number of hydrogen-bond acceptors (Lipinski definition) is 2. The lowest BCUT2D eigenvalue weighted by molar-refractivity contribution is -0.146. The van der Waals surface area contributed by atoms with E-state index >= 15 is 0 Å². The Morgan fingerprint density at radius 1 is 0.895 bits per heavy atom. The maximum absolute atomic E-state index is 12.4. The summed E-state index contributed by atoms with van der Waals surface area (Å²) in [4.78, 5) is 0. The molecule has 1 rings (SSSR count). The third-order valence-electron chi connectivity index (χ3n) is 1.92. The fourth-order valence-corrected chi connectivity index (χ4v) is 1.21. The maximum Gasteiger partial charge on any atom is 0.420 e. The van der Waals surface area contributed by atoms with Crippen molar-refractivity contribution in [1.82, 2.24) is 0 Å². The van der Waals surface area contributed by atoms with Gasteiger partial charge in [-0.15, -0.1) is 0 Å². The summed E-state index contributed by atoms with van der Waals surface area (Å²) in [6, 6.07) is -0.648. The van der Waals surface area contributed by atoms with Gasteiger partial charge in [-0.3, -0.25) is 0 Å². The smallest absolute Gasteiger partial charge is 0.420 e. The Balaban J connectivity index is 3.46. The summed E-state index contributed by atoms with van der Waals surface area (Å²) in [6.07, 6.45) is -10.5. The third-order valence-corrected chi connectivity index (χ3v) is 1.92. The average molecular weight is 296 g/mol. The molecule has 1 N–H and O–H groups in total. The number of halogens is 8. The van der Waals surface area contributed by atoms with Gasteiger partial charge in [0.25, 0.3) is 0 Å². The van der Waals surface area contributed by atoms with E-state index in [2.05, 4.69) is 4.74 Å². The highest BCUT2D eigenvalue weighted by Crippen LogP contribution is 2.44. The predicted octanol–water partition coefficient (Wildman–Crippen LogP) is 4.03. The Morgan fingerprint density at radius 2 is 1.37 bits per heavy atom. The predicted molar refractivity (Wildman–Crippen MR) is 44.7 cm³/mol. The van der Waals surface area contributed by atoms with Crippen molar-refractivity contribution in [1.29, 1.82) is 0 Å². The largest absolute Gasteiger partial charge is 0.507 e. The van der Waals surface area contributed by atoms with E-state index in [-0.39, 0.29) is 12.1 Å². The van der Waals surface area contributed by atoms with E-state index in [1.165, 1.54) is 0 Å². The van der Waals surface area contributed by atoms with Gasteiger partial charge in [0, 0.05) is 0 Å². The number of phenolic OH excluding ortho intramolecular Hbond substituents is 1. The van der Waals surface area contributed by atoms with Crippen LogP contribution in [0.15, 0.2) is 12.1 Å². The lowest BCUT2D eigenvalue weighted by Crippen LogP contribution is -2.14. The Labute approximate surface area is 99.8 Å². The van der Waals surface area contributed by atoms with E-state index in [1.54, 1.807) is 0 Å². The highest BCUT2D eigenvalue weighted by atomic mass is 19.4. The Hall–Kier alpha value is -1.74. The van der Waals surface area contributed by atoms with E-state index < -0.39 is 41.6 Å². The zero-order valence-corrected chi connectivity index (χ0v) is 8.61. The number of rotatable bonds is 2. The maximum atomic E-state index is 12.4. The molecule has 0 unspecified atom stereocenters. The molecule has 0 spiro atoms. The zero-order chi connectivity index (χ0) is 15.0. The van der Waals surface area contributed by atoms with Gasteiger partial charge in [-0.2, -0.15) is 35.1 Å². The van der Waals surface area contributed by atoms with Gasteiger partial charge in [0.05, 0.1) is 0 Å². The van der Waals surface area contributed by atoms with E-state index in [1.807, 2.05) is 0 Å². The standard InChI is InChI=1S/C9H4F8O2/c10-7(11)19-6-2-3(8(12,13)14)5(18)1-4(6)9(15,16)17/h1-2,7,18H. The fraction of sp³-hybridized carbons (Fsp3) is 0.333. The minimum Gasteiger partial charge on any atom is -0.507 e. The van der Waals surface area contributed by atoms with Crippen LogP contribution in [0.4, 0.5) is 35.1 Å². The second-order valence-corrected chi connectivity index (χ2v) is 3.24. The number of benzene rings is 1. The topological polar surface area (TPSA) is 29.5 Å². The summed E-state index contributed by atoms with van der Waals surface area (Å²) in [5.41, 5.74) is -3.84. The molecular formula is C9H4F8O2. The number of hydrogen-bond donors (Lipinski definition) is 1. The van der Waals surface area contributed by atoms with Crippen LogP contribution in [0, 0.1) is 0 Å². The molecule has 1 aromatic carbocycles. The summed E-state index contributed by atoms with van der Waals surface area (Å²) in [7, 11) is 0. The molecular weight excluding hydrogens is 292 g/mol. The Kier molecular flexibility index (Phi) is 3.82. The molecule has 108 valence electrons. The molecule has 0 bridgehead atoms. The monoisotopic (exact) mass is 296 g/mol. The highest BCUT2D eigenvalue weighted by molar-refractivity contribution is 5.48. The van der Waals surface area contributed by atoms with Crippen LogP contribution in [0.25, 0.3) is 0 Å². The number of phenols is 1. The molecule has 0 aliphatic heterocycles. The fourth-order valence-electron chi connectivity index (χ4n) is 1.21. The molecule has 0 aromatic heterocycles. The number of aromatic hydroxyl groups is 1. The number of ether oxygens (including phenoxy) is 1. The Bertz CT molecular complexity index is 463. The van der Waals surface area contributed by atoms with Gasteiger partial charge in [0.2, 0.25) is 0 Å². The molecule has 0 atom stereocenters. The lowest BCUT2D eigenvalue weighted by Gasteiger charge is -2.17. The first-order valence-electron chi connectivity index (χ1n) is 4.39. The van der Waals surface area contributed by atoms with E-state index in [9.17, 15) is 35.1 Å². The first kappa shape index (κ1) is 15.3. The van der Waals surface area contributed by atoms with E-state index in [0.717, 1.165) is 0 Å². The SMILES string of the molecule is Oc1cc(C(F)(F)F)c(OC(F)F)cc1C(F)(F)F. The molecule has 0 fully saturated rings. The molecule has 0 saturated carbocycles. The van der Waals surface area contributed by atoms with Crippen molar-refractivity contribution in [3.8, 4) is 11.5 Å². The summed E-state index contributed by atoms with van der Waals surface area (Å²) in [5, 5.41) is 8.89. The lowest BCUT2D eigenvalue weighted by atomic mass is 10.1. The van der Waals surface area contributed by atoms with Gasteiger partial charge in [-0.1, -0.05) is 0 Å². The van der Waals surface area contributed by atoms with Crippen LogP contribution >= 0.6 is 0 Å². The van der Waals surface area contributed by atoms with Crippen LogP contribution in [-0.2, 0) is 12.4 Å². The van der Waals surface area contributed by atoms with Crippen molar-refractivity contribution in [3.63, 3.8) is 0 Å². The molecule has 0 aliphatic carbocycles. The second-order valence-electron chi connectivity index (χ2n) is 3.24. The van der Waals surface area contributed by atoms with Crippen LogP contribution in [0.1, 0.15) is 11.1 Å². The third kappa shape index (κ3) is 3.61. The van der Waals surface area contributed by atoms with Crippen LogP contribution in [0.3, 0.4) is 0 Å². The van der Waals surface area contributed by atoms with Crippen molar-refractivity contribution in [2.75, 3.05) is 0 Å². The Morgan fingerprint density at radius 3 is 1.74 bits per heavy atom. The molecule has 19 heavy (non-hydrogen) atoms. The van der Waals surface area contributed by atoms with Crippen LogP contribution in [-0.4, -0.2) is 11.7 Å². The van der Waals surface area contributed by atoms with Gasteiger partial charge in [0.15, 0.2) is 0 Å². The van der Waals surface area contributed by atoms with Crippen molar-refractivity contribution >= 4 is 0 Å². The molecule has 0 heterocycles. The molecule has 0 aliphatic rings. The second kappa shape index (κ2) is 4.74. The van der Waals surface area contributed by atoms with Crippen molar-refractivity contribution < 1.29 is 45.0 Å². The molecule has 1 aromatic rings. The van der Waals surface area contributed by atoms with E-state index in [4.69, 9.17) is 5.11 Å². The number of alkyl halides is 8. The first-order chi connectivity index (χ1) is 8.43. The van der Waals surface area contributed by atoms with Gasteiger partial charge in [0.1, 0.15) is 22.6 Å². The molecule has 0 radical (unpaired) electrons. The van der Waals surface area contributed by atoms with Crippen molar-refractivity contribution in [2.24, 2.45) is 0 Å². The van der Waals surface area contributed by atoms with E-state index in [0.29, 0.717) is 0 Å². The minimum atomic E-state index is -5.26. The quantitative estimate of drug-likeness (QED) is 0.835. The first-order valence-corrected chi connectivity index (χ1v) is 4.39.